The number of ether oxygens (including phenoxy) is 2. The summed E-state index contributed by atoms with van der Waals surface area (Å²) in [6.07, 6.45) is -21.0. The van der Waals surface area contributed by atoms with Gasteiger partial charge in [-0.3, -0.25) is 0 Å². The molecule has 0 heterocycles. The summed E-state index contributed by atoms with van der Waals surface area (Å²) in [4.78, 5) is 0. The van der Waals surface area contributed by atoms with E-state index in [1.165, 1.54) is 13.8 Å². The zero-order valence-corrected chi connectivity index (χ0v) is 21.8. The first kappa shape index (κ1) is 35.2. The van der Waals surface area contributed by atoms with Crippen molar-refractivity contribution in [2.45, 2.75) is 135 Å². The van der Waals surface area contributed by atoms with Crippen molar-refractivity contribution in [2.24, 2.45) is 11.3 Å². The second-order valence-electron chi connectivity index (χ2n) is 9.40. The van der Waals surface area contributed by atoms with Crippen LogP contribution in [0.15, 0.2) is 0 Å². The summed E-state index contributed by atoms with van der Waals surface area (Å²) in [6.45, 7) is 7.02. The van der Waals surface area contributed by atoms with E-state index in [9.17, 15) is 26.3 Å². The van der Waals surface area contributed by atoms with Crippen LogP contribution in [0, 0.1) is 11.3 Å². The molecule has 0 spiro atoms. The summed E-state index contributed by atoms with van der Waals surface area (Å²) in [5.41, 5.74) is -10.2. The molecular formula is C23H37F11O2. The topological polar surface area (TPSA) is 18.5 Å². The van der Waals surface area contributed by atoms with Crippen molar-refractivity contribution in [3.8, 4) is 0 Å². The number of alkyl halides is 11. The number of hydrogen-bond donors (Lipinski definition) is 0. The molecule has 0 aromatic carbocycles. The maximum atomic E-state index is 16.1. The zero-order valence-electron chi connectivity index (χ0n) is 21.8. The Hall–Kier alpha value is -0.850. The van der Waals surface area contributed by atoms with Crippen molar-refractivity contribution in [3.05, 3.63) is 0 Å². The highest BCUT2D eigenvalue weighted by Crippen LogP contribution is 2.64. The van der Waals surface area contributed by atoms with Crippen molar-refractivity contribution in [1.29, 1.82) is 0 Å². The molecule has 3 unspecified atom stereocenters. The molecule has 0 N–H and O–H groups in total. The third-order valence-electron chi connectivity index (χ3n) is 7.73. The van der Waals surface area contributed by atoms with Crippen LogP contribution in [0.1, 0.15) is 93.9 Å². The molecule has 13 heteroatoms. The Morgan fingerprint density at radius 2 is 0.917 bits per heavy atom. The lowest BCUT2D eigenvalue weighted by Crippen LogP contribution is -2.72. The smallest absolute Gasteiger partial charge is 0.318 e. The molecular weight excluding hydrogens is 517 g/mol. The van der Waals surface area contributed by atoms with Crippen LogP contribution in [0.4, 0.5) is 48.3 Å². The fraction of sp³-hybridized carbons (Fsp3) is 1.00. The zero-order chi connectivity index (χ0) is 29.2. The Labute approximate surface area is 205 Å². The van der Waals surface area contributed by atoms with E-state index in [1.807, 2.05) is 0 Å². The van der Waals surface area contributed by atoms with Gasteiger partial charge in [-0.2, -0.15) is 48.3 Å². The normalized spacial score (nSPS) is 19.7. The van der Waals surface area contributed by atoms with Crippen LogP contribution in [0.25, 0.3) is 0 Å². The molecule has 0 aliphatic rings. The van der Waals surface area contributed by atoms with Gasteiger partial charge in [0.2, 0.25) is 0 Å². The van der Waals surface area contributed by atoms with Gasteiger partial charge in [0.05, 0.1) is 11.0 Å². The van der Waals surface area contributed by atoms with Crippen LogP contribution in [0.5, 0.6) is 0 Å². The first-order valence-corrected chi connectivity index (χ1v) is 11.9. The first-order chi connectivity index (χ1) is 15.9. The van der Waals surface area contributed by atoms with Gasteiger partial charge in [0.1, 0.15) is 0 Å². The molecule has 0 saturated heterocycles. The van der Waals surface area contributed by atoms with Crippen LogP contribution in [0.3, 0.4) is 0 Å². The van der Waals surface area contributed by atoms with Crippen LogP contribution in [-0.4, -0.2) is 41.4 Å². The number of rotatable bonds is 14. The largest absolute Gasteiger partial charge is 0.455 e. The fourth-order valence-corrected chi connectivity index (χ4v) is 4.68. The summed E-state index contributed by atoms with van der Waals surface area (Å²) >= 11 is 0. The first-order valence-electron chi connectivity index (χ1n) is 11.9. The second-order valence-corrected chi connectivity index (χ2v) is 9.40. The molecule has 3 atom stereocenters. The van der Waals surface area contributed by atoms with Crippen LogP contribution in [-0.2, 0) is 9.47 Å². The lowest BCUT2D eigenvalue weighted by Gasteiger charge is -2.56. The van der Waals surface area contributed by atoms with Crippen molar-refractivity contribution < 1.29 is 57.8 Å². The fourth-order valence-electron chi connectivity index (χ4n) is 4.68. The molecule has 2 nitrogen and oxygen atoms in total. The molecule has 36 heavy (non-hydrogen) atoms. The van der Waals surface area contributed by atoms with E-state index in [0.717, 1.165) is 20.8 Å². The van der Waals surface area contributed by atoms with Gasteiger partial charge in [0, 0.05) is 5.92 Å². The van der Waals surface area contributed by atoms with E-state index in [0.29, 0.717) is 13.8 Å². The van der Waals surface area contributed by atoms with Gasteiger partial charge >= 0.3 is 30.2 Å². The van der Waals surface area contributed by atoms with Crippen LogP contribution in [0.2, 0.25) is 0 Å². The van der Waals surface area contributed by atoms with Gasteiger partial charge in [-0.1, -0.05) is 41.5 Å². The predicted octanol–water partition coefficient (Wildman–Crippen LogP) is 9.62. The Balaban J connectivity index is 7.33. The van der Waals surface area contributed by atoms with E-state index in [1.54, 1.807) is 0 Å². The Morgan fingerprint density at radius 3 is 1.17 bits per heavy atom. The lowest BCUT2D eigenvalue weighted by molar-refractivity contribution is -0.476. The standard InChI is InChI=1S/C23H37F11O2/c1-9-15(10-2)19(24,25)35-16(7,11-3)18(13-5,14-6)20(26,27)21(28,23(32,33)34)36-17(8,12-4)22(29,30)31/h15H,9-14H2,1-8H3. The van der Waals surface area contributed by atoms with Crippen molar-refractivity contribution >= 4 is 0 Å². The summed E-state index contributed by atoms with van der Waals surface area (Å²) in [7, 11) is 0. The minimum absolute atomic E-state index is 0.0134. The van der Waals surface area contributed by atoms with Gasteiger partial charge < -0.3 is 9.47 Å². The Kier molecular flexibility index (Phi) is 10.8. The van der Waals surface area contributed by atoms with Crippen molar-refractivity contribution in [2.75, 3.05) is 0 Å². The SMILES string of the molecule is CCC(CC)C(F)(F)OC(C)(CC)C(CC)(CC)C(F)(F)C(F)(OC(C)(CC)C(F)(F)F)C(F)(F)F. The second kappa shape index (κ2) is 11.1. The van der Waals surface area contributed by atoms with E-state index in [-0.39, 0.29) is 19.8 Å². The maximum absolute atomic E-state index is 16.1. The van der Waals surface area contributed by atoms with Gasteiger partial charge in [0.15, 0.2) is 5.60 Å². The summed E-state index contributed by atoms with van der Waals surface area (Å²) in [5, 5.41) is 0. The molecule has 0 aromatic rings. The van der Waals surface area contributed by atoms with Crippen LogP contribution >= 0.6 is 0 Å². The monoisotopic (exact) mass is 554 g/mol. The Morgan fingerprint density at radius 1 is 0.528 bits per heavy atom. The summed E-state index contributed by atoms with van der Waals surface area (Å²) < 4.78 is 169. The third-order valence-corrected chi connectivity index (χ3v) is 7.73. The summed E-state index contributed by atoms with van der Waals surface area (Å²) in [5.74, 6) is -13.5. The van der Waals surface area contributed by atoms with Crippen molar-refractivity contribution in [3.63, 3.8) is 0 Å². The van der Waals surface area contributed by atoms with E-state index in [2.05, 4.69) is 4.74 Å². The molecule has 0 fully saturated rings. The van der Waals surface area contributed by atoms with Crippen molar-refractivity contribution in [1.82, 2.24) is 0 Å². The number of hydrogen-bond acceptors (Lipinski definition) is 2. The molecule has 0 aliphatic heterocycles. The van der Waals surface area contributed by atoms with Gasteiger partial charge in [0.25, 0.3) is 0 Å². The third kappa shape index (κ3) is 5.61. The van der Waals surface area contributed by atoms with E-state index < -0.39 is 78.5 Å². The highest BCUT2D eigenvalue weighted by Gasteiger charge is 2.83. The minimum Gasteiger partial charge on any atom is -0.318 e. The molecule has 0 amide bonds. The highest BCUT2D eigenvalue weighted by molar-refractivity contribution is 5.12. The molecule has 0 bridgehead atoms. The average molecular weight is 555 g/mol. The predicted molar refractivity (Wildman–Crippen MR) is 112 cm³/mol. The van der Waals surface area contributed by atoms with Gasteiger partial charge in [-0.25, -0.2) is 0 Å². The van der Waals surface area contributed by atoms with E-state index >= 15 is 22.0 Å². The summed E-state index contributed by atoms with van der Waals surface area (Å²) in [6, 6.07) is 0. The van der Waals surface area contributed by atoms with Gasteiger partial charge in [-0.05, 0) is 52.4 Å². The van der Waals surface area contributed by atoms with Gasteiger partial charge in [-0.15, -0.1) is 0 Å². The highest BCUT2D eigenvalue weighted by atomic mass is 19.4. The lowest BCUT2D eigenvalue weighted by atomic mass is 9.61. The molecule has 0 rings (SSSR count). The molecule has 0 aromatic heterocycles. The molecule has 0 radical (unpaired) electrons. The molecule has 218 valence electrons. The average Bonchev–Trinajstić information content (AvgIpc) is 2.72. The quantitative estimate of drug-likeness (QED) is 0.199. The minimum atomic E-state index is -6.68. The number of halogens is 11. The van der Waals surface area contributed by atoms with Crippen LogP contribution < -0.4 is 0 Å². The maximum Gasteiger partial charge on any atom is 0.455 e. The van der Waals surface area contributed by atoms with E-state index in [4.69, 9.17) is 4.74 Å². The molecule has 0 saturated carbocycles. The molecule has 0 aliphatic carbocycles. The Bertz CT molecular complexity index is 699.